The molecule has 4 nitrogen and oxygen atoms in total. The molecule has 0 saturated carbocycles. The van der Waals surface area contributed by atoms with E-state index in [1.54, 1.807) is 4.90 Å². The number of oxime groups is 1. The predicted octanol–water partition coefficient (Wildman–Crippen LogP) is 3.34. The maximum atomic E-state index is 12.2. The summed E-state index contributed by atoms with van der Waals surface area (Å²) < 4.78 is 1.83. The summed E-state index contributed by atoms with van der Waals surface area (Å²) in [6.45, 7) is 1.23. The molecule has 0 aromatic carbocycles. The van der Waals surface area contributed by atoms with Crippen LogP contribution in [0.2, 0.25) is 0 Å². The lowest BCUT2D eigenvalue weighted by Gasteiger charge is -2.26. The second-order valence-corrected chi connectivity index (χ2v) is 6.92. The number of nitrogens with zero attached hydrogens (tertiary/aromatic N) is 2. The Labute approximate surface area is 120 Å². The molecule has 1 amide bonds. The first-order chi connectivity index (χ1) is 8.11. The number of likely N-dealkylation sites (tertiary alicyclic amines) is 1. The molecule has 1 fully saturated rings. The lowest BCUT2D eigenvalue weighted by molar-refractivity contribution is 0.0758. The molecule has 0 radical (unpaired) electrons. The highest BCUT2D eigenvalue weighted by Crippen LogP contribution is 2.33. The summed E-state index contributed by atoms with van der Waals surface area (Å²) in [5.41, 5.74) is 0.766. The standard InChI is InChI=1S/C10H10Br2N2O2S/c11-7-5-8(17-9(7)12)10(15)14-3-1-6(13-16)2-4-14/h5,16H,1-4H2. The Kier molecular flexibility index (Phi) is 4.22. The number of piperidine rings is 1. The summed E-state index contributed by atoms with van der Waals surface area (Å²) >= 11 is 8.17. The number of halogens is 2. The first kappa shape index (κ1) is 13.0. The Hall–Kier alpha value is -0.400. The van der Waals surface area contributed by atoms with Crippen LogP contribution < -0.4 is 0 Å². The third-order valence-corrected chi connectivity index (χ3v) is 5.87. The largest absolute Gasteiger partial charge is 0.411 e. The molecule has 0 bridgehead atoms. The van der Waals surface area contributed by atoms with E-state index < -0.39 is 0 Å². The zero-order valence-corrected chi connectivity index (χ0v) is 12.8. The van der Waals surface area contributed by atoms with E-state index in [-0.39, 0.29) is 5.91 Å². The topological polar surface area (TPSA) is 52.9 Å². The van der Waals surface area contributed by atoms with Gasteiger partial charge in [-0.05, 0) is 37.9 Å². The van der Waals surface area contributed by atoms with Gasteiger partial charge in [-0.15, -0.1) is 11.3 Å². The van der Waals surface area contributed by atoms with Gasteiger partial charge < -0.3 is 10.1 Å². The molecular formula is C10H10Br2N2O2S. The lowest BCUT2D eigenvalue weighted by Crippen LogP contribution is -2.38. The van der Waals surface area contributed by atoms with Crippen molar-refractivity contribution in [2.24, 2.45) is 5.16 Å². The highest BCUT2D eigenvalue weighted by molar-refractivity contribution is 9.13. The van der Waals surface area contributed by atoms with E-state index in [9.17, 15) is 4.79 Å². The number of carbonyl (C=O) groups excluding carboxylic acids is 1. The van der Waals surface area contributed by atoms with Crippen LogP contribution in [-0.2, 0) is 0 Å². The monoisotopic (exact) mass is 380 g/mol. The highest BCUT2D eigenvalue weighted by atomic mass is 79.9. The van der Waals surface area contributed by atoms with Crippen LogP contribution in [0, 0.1) is 0 Å². The fourth-order valence-electron chi connectivity index (χ4n) is 1.68. The van der Waals surface area contributed by atoms with Gasteiger partial charge in [-0.3, -0.25) is 4.79 Å². The molecule has 0 atom stereocenters. The molecule has 1 aromatic rings. The van der Waals surface area contributed by atoms with E-state index in [2.05, 4.69) is 37.0 Å². The van der Waals surface area contributed by atoms with E-state index in [0.717, 1.165) is 14.0 Å². The number of rotatable bonds is 1. The van der Waals surface area contributed by atoms with Gasteiger partial charge in [-0.1, -0.05) is 5.16 Å². The van der Waals surface area contributed by atoms with Crippen LogP contribution in [0.5, 0.6) is 0 Å². The van der Waals surface area contributed by atoms with Crippen molar-refractivity contribution in [3.8, 4) is 0 Å². The summed E-state index contributed by atoms with van der Waals surface area (Å²) in [6.07, 6.45) is 1.30. The molecule has 2 heterocycles. The van der Waals surface area contributed by atoms with Gasteiger partial charge in [0.15, 0.2) is 0 Å². The predicted molar refractivity (Wildman–Crippen MR) is 74.1 cm³/mol. The van der Waals surface area contributed by atoms with Gasteiger partial charge in [-0.25, -0.2) is 0 Å². The van der Waals surface area contributed by atoms with Crippen molar-refractivity contribution in [3.05, 3.63) is 19.2 Å². The van der Waals surface area contributed by atoms with E-state index in [4.69, 9.17) is 5.21 Å². The number of thiophene rings is 1. The Balaban J connectivity index is 2.06. The number of carbonyl (C=O) groups is 1. The second-order valence-electron chi connectivity index (χ2n) is 3.69. The summed E-state index contributed by atoms with van der Waals surface area (Å²) in [6, 6.07) is 1.83. The van der Waals surface area contributed by atoms with Gasteiger partial charge in [0, 0.05) is 30.4 Å². The first-order valence-electron chi connectivity index (χ1n) is 5.05. The highest BCUT2D eigenvalue weighted by Gasteiger charge is 2.23. The van der Waals surface area contributed by atoms with Gasteiger partial charge in [0.1, 0.15) is 0 Å². The summed E-state index contributed by atoms with van der Waals surface area (Å²) in [4.78, 5) is 14.7. The van der Waals surface area contributed by atoms with Gasteiger partial charge >= 0.3 is 0 Å². The second kappa shape index (κ2) is 5.49. The Morgan fingerprint density at radius 3 is 2.53 bits per heavy atom. The Bertz CT molecular complexity index is 443. The van der Waals surface area contributed by atoms with E-state index >= 15 is 0 Å². The molecule has 7 heteroatoms. The number of amides is 1. The molecule has 1 saturated heterocycles. The average Bonchev–Trinajstić information content (AvgIpc) is 2.69. The molecule has 1 aliphatic heterocycles. The van der Waals surface area contributed by atoms with E-state index in [1.165, 1.54) is 11.3 Å². The molecule has 0 aliphatic carbocycles. The van der Waals surface area contributed by atoms with Crippen LogP contribution in [0.4, 0.5) is 0 Å². The molecule has 1 N–H and O–H groups in total. The smallest absolute Gasteiger partial charge is 0.264 e. The van der Waals surface area contributed by atoms with Crippen LogP contribution in [-0.4, -0.2) is 34.8 Å². The molecule has 2 rings (SSSR count). The van der Waals surface area contributed by atoms with Crippen molar-refractivity contribution >= 4 is 54.8 Å². The minimum absolute atomic E-state index is 0.0402. The van der Waals surface area contributed by atoms with Gasteiger partial charge in [-0.2, -0.15) is 0 Å². The van der Waals surface area contributed by atoms with Crippen LogP contribution in [0.1, 0.15) is 22.5 Å². The first-order valence-corrected chi connectivity index (χ1v) is 7.46. The summed E-state index contributed by atoms with van der Waals surface area (Å²) in [5.74, 6) is 0.0402. The molecule has 0 unspecified atom stereocenters. The van der Waals surface area contributed by atoms with Crippen molar-refractivity contribution in [1.82, 2.24) is 4.90 Å². The average molecular weight is 382 g/mol. The maximum absolute atomic E-state index is 12.2. The molecular weight excluding hydrogens is 372 g/mol. The van der Waals surface area contributed by atoms with Gasteiger partial charge in [0.25, 0.3) is 5.91 Å². The van der Waals surface area contributed by atoms with E-state index in [1.807, 2.05) is 6.07 Å². The zero-order valence-electron chi connectivity index (χ0n) is 8.82. The fraction of sp³-hybridized carbons (Fsp3) is 0.400. The summed E-state index contributed by atoms with van der Waals surface area (Å²) in [5, 5.41) is 11.8. The molecule has 1 aromatic heterocycles. The van der Waals surface area contributed by atoms with Crippen molar-refractivity contribution in [2.45, 2.75) is 12.8 Å². The quantitative estimate of drug-likeness (QED) is 0.599. The van der Waals surface area contributed by atoms with Crippen LogP contribution >= 0.6 is 43.2 Å². The van der Waals surface area contributed by atoms with Crippen LogP contribution in [0.3, 0.4) is 0 Å². The molecule has 92 valence electrons. The molecule has 0 spiro atoms. The van der Waals surface area contributed by atoms with Crippen molar-refractivity contribution < 1.29 is 10.0 Å². The normalized spacial score (nSPS) is 16.1. The van der Waals surface area contributed by atoms with Gasteiger partial charge in [0.2, 0.25) is 0 Å². The zero-order chi connectivity index (χ0) is 12.4. The molecule has 17 heavy (non-hydrogen) atoms. The third-order valence-electron chi connectivity index (χ3n) is 2.63. The van der Waals surface area contributed by atoms with Crippen molar-refractivity contribution in [1.29, 1.82) is 0 Å². The van der Waals surface area contributed by atoms with Crippen LogP contribution in [0.25, 0.3) is 0 Å². The fourth-order valence-corrected chi connectivity index (χ4v) is 3.68. The SMILES string of the molecule is O=C(c1cc(Br)c(Br)s1)N1CCC(=NO)CC1. The molecule has 1 aliphatic rings. The Morgan fingerprint density at radius 1 is 1.41 bits per heavy atom. The van der Waals surface area contributed by atoms with Gasteiger partial charge in [0.05, 0.1) is 14.4 Å². The maximum Gasteiger partial charge on any atom is 0.264 e. The summed E-state index contributed by atoms with van der Waals surface area (Å²) in [7, 11) is 0. The van der Waals surface area contributed by atoms with Crippen molar-refractivity contribution in [3.63, 3.8) is 0 Å². The van der Waals surface area contributed by atoms with E-state index in [0.29, 0.717) is 30.8 Å². The third kappa shape index (κ3) is 2.89. The number of hydrogen-bond acceptors (Lipinski definition) is 4. The Morgan fingerprint density at radius 2 is 2.06 bits per heavy atom. The lowest BCUT2D eigenvalue weighted by atomic mass is 10.1. The van der Waals surface area contributed by atoms with Crippen LogP contribution in [0.15, 0.2) is 19.5 Å². The minimum Gasteiger partial charge on any atom is -0.411 e. The van der Waals surface area contributed by atoms with Crippen molar-refractivity contribution in [2.75, 3.05) is 13.1 Å². The number of hydrogen-bond donors (Lipinski definition) is 1. The minimum atomic E-state index is 0.0402.